The summed E-state index contributed by atoms with van der Waals surface area (Å²) in [6.07, 6.45) is 0. The minimum atomic E-state index is -0.589. The van der Waals surface area contributed by atoms with E-state index in [0.29, 0.717) is 27.7 Å². The van der Waals surface area contributed by atoms with Gasteiger partial charge in [0.25, 0.3) is 11.8 Å². The highest BCUT2D eigenvalue weighted by Gasteiger charge is 2.12. The van der Waals surface area contributed by atoms with Crippen LogP contribution in [0.2, 0.25) is 0 Å². The van der Waals surface area contributed by atoms with Crippen LogP contribution in [-0.4, -0.2) is 21.9 Å². The molecule has 4 aromatic rings. The molecule has 1 heterocycles. The van der Waals surface area contributed by atoms with Crippen LogP contribution in [0.1, 0.15) is 26.3 Å². The number of nitriles is 1. The predicted octanol–water partition coefficient (Wildman–Crippen LogP) is 5.53. The van der Waals surface area contributed by atoms with E-state index >= 15 is 0 Å². The number of aromatic hydroxyl groups is 1. The molecular weight excluding hydrogens is 521 g/mol. The highest BCUT2D eigenvalue weighted by Crippen LogP contribution is 2.36. The number of nitrogens with one attached hydrogen (secondary N) is 2. The maximum Gasteiger partial charge on any atom is 0.295 e. The Bertz CT molecular complexity index is 1400. The van der Waals surface area contributed by atoms with Crippen LogP contribution in [0.25, 0.3) is 10.9 Å². The molecule has 4 rings (SSSR count). The van der Waals surface area contributed by atoms with Crippen molar-refractivity contribution >= 4 is 56.7 Å². The van der Waals surface area contributed by atoms with Gasteiger partial charge in [0.2, 0.25) is 5.88 Å². The molecule has 0 unspecified atom stereocenters. The van der Waals surface area contributed by atoms with Crippen molar-refractivity contribution in [1.82, 2.24) is 4.98 Å². The standard InChI is InChI=1S/C23H14IN5O3/c24-16-7-10-19-18(11-16)20(23(32)27-19)28-29-22(31)15-5-8-17(9-6-15)26-21(30)14-3-1-13(12-25)2-4-14/h1-11,27,32H,(H,26,30). The number of hydrogen-bond acceptors (Lipinski definition) is 5. The number of nitrogens with zero attached hydrogens (tertiary/aromatic N) is 3. The van der Waals surface area contributed by atoms with E-state index in [4.69, 9.17) is 5.26 Å². The van der Waals surface area contributed by atoms with Crippen LogP contribution >= 0.6 is 22.6 Å². The summed E-state index contributed by atoms with van der Waals surface area (Å²) >= 11 is 2.15. The van der Waals surface area contributed by atoms with E-state index in [1.165, 1.54) is 12.1 Å². The molecule has 9 heteroatoms. The smallest absolute Gasteiger partial charge is 0.295 e. The summed E-state index contributed by atoms with van der Waals surface area (Å²) in [4.78, 5) is 27.5. The zero-order chi connectivity index (χ0) is 22.7. The van der Waals surface area contributed by atoms with Crippen LogP contribution in [0.3, 0.4) is 0 Å². The van der Waals surface area contributed by atoms with Gasteiger partial charge in [-0.15, -0.1) is 10.2 Å². The van der Waals surface area contributed by atoms with Gasteiger partial charge < -0.3 is 15.4 Å². The fourth-order valence-corrected chi connectivity index (χ4v) is 3.48. The molecule has 0 spiro atoms. The summed E-state index contributed by atoms with van der Waals surface area (Å²) < 4.78 is 0.954. The summed E-state index contributed by atoms with van der Waals surface area (Å²) in [6.45, 7) is 0. The average Bonchev–Trinajstić information content (AvgIpc) is 3.12. The summed E-state index contributed by atoms with van der Waals surface area (Å²) in [7, 11) is 0. The molecule has 0 bridgehead atoms. The van der Waals surface area contributed by atoms with Gasteiger partial charge in [-0.3, -0.25) is 9.59 Å². The van der Waals surface area contributed by atoms with Gasteiger partial charge in [-0.1, -0.05) is 0 Å². The van der Waals surface area contributed by atoms with Gasteiger partial charge in [0.05, 0.1) is 17.1 Å². The second-order valence-electron chi connectivity index (χ2n) is 6.74. The van der Waals surface area contributed by atoms with Crippen LogP contribution in [0.5, 0.6) is 5.88 Å². The Morgan fingerprint density at radius 3 is 2.38 bits per heavy atom. The monoisotopic (exact) mass is 535 g/mol. The first-order chi connectivity index (χ1) is 15.4. The molecule has 0 fully saturated rings. The fourth-order valence-electron chi connectivity index (χ4n) is 2.99. The summed E-state index contributed by atoms with van der Waals surface area (Å²) in [5.41, 5.74) is 2.53. The lowest BCUT2D eigenvalue weighted by Gasteiger charge is -2.05. The molecule has 0 aliphatic heterocycles. The largest absolute Gasteiger partial charge is 0.493 e. The number of anilines is 1. The van der Waals surface area contributed by atoms with Crippen LogP contribution < -0.4 is 5.32 Å². The van der Waals surface area contributed by atoms with E-state index < -0.39 is 5.91 Å². The second kappa shape index (κ2) is 8.99. The van der Waals surface area contributed by atoms with Gasteiger partial charge in [0.1, 0.15) is 0 Å². The fraction of sp³-hybridized carbons (Fsp3) is 0. The number of carbonyl (C=O) groups excluding carboxylic acids is 2. The lowest BCUT2D eigenvalue weighted by atomic mass is 10.1. The SMILES string of the molecule is N#Cc1ccc(C(=O)Nc2ccc(C(=O)N=Nc3c(O)[nH]c4ccc(I)cc34)cc2)cc1. The number of hydrogen-bond donors (Lipinski definition) is 3. The lowest BCUT2D eigenvalue weighted by molar-refractivity contribution is 0.0993. The Labute approximate surface area is 195 Å². The molecule has 3 aromatic carbocycles. The predicted molar refractivity (Wildman–Crippen MR) is 127 cm³/mol. The third kappa shape index (κ3) is 4.50. The van der Waals surface area contributed by atoms with Crippen LogP contribution in [0.4, 0.5) is 11.4 Å². The van der Waals surface area contributed by atoms with Gasteiger partial charge >= 0.3 is 0 Å². The van der Waals surface area contributed by atoms with Gasteiger partial charge in [0, 0.05) is 25.8 Å². The summed E-state index contributed by atoms with van der Waals surface area (Å²) in [5.74, 6) is -1.09. The highest BCUT2D eigenvalue weighted by atomic mass is 127. The van der Waals surface area contributed by atoms with Gasteiger partial charge in [-0.25, -0.2) is 0 Å². The Balaban J connectivity index is 1.46. The maximum absolute atomic E-state index is 12.4. The first kappa shape index (κ1) is 21.2. The van der Waals surface area contributed by atoms with E-state index in [2.05, 4.69) is 43.1 Å². The van der Waals surface area contributed by atoms with Gasteiger partial charge in [-0.2, -0.15) is 5.26 Å². The highest BCUT2D eigenvalue weighted by molar-refractivity contribution is 14.1. The molecule has 0 atom stereocenters. The zero-order valence-electron chi connectivity index (χ0n) is 16.3. The normalized spacial score (nSPS) is 10.9. The Morgan fingerprint density at radius 1 is 1.00 bits per heavy atom. The molecule has 0 radical (unpaired) electrons. The van der Waals surface area contributed by atoms with E-state index in [0.717, 1.165) is 3.57 Å². The van der Waals surface area contributed by atoms with Gasteiger partial charge in [-0.05, 0) is 89.3 Å². The quantitative estimate of drug-likeness (QED) is 0.234. The maximum atomic E-state index is 12.4. The van der Waals surface area contributed by atoms with Crippen molar-refractivity contribution in [2.75, 3.05) is 5.32 Å². The molecule has 0 aliphatic rings. The third-order valence-corrected chi connectivity index (χ3v) is 5.29. The molecule has 0 aliphatic carbocycles. The Hall–Kier alpha value is -4.04. The molecule has 0 saturated heterocycles. The average molecular weight is 535 g/mol. The van der Waals surface area contributed by atoms with E-state index in [-0.39, 0.29) is 23.0 Å². The van der Waals surface area contributed by atoms with Gasteiger partial charge in [0.15, 0.2) is 5.69 Å². The Morgan fingerprint density at radius 2 is 1.69 bits per heavy atom. The Kier molecular flexibility index (Phi) is 5.96. The molecule has 1 aromatic heterocycles. The number of rotatable bonds is 4. The van der Waals surface area contributed by atoms with Crippen molar-refractivity contribution < 1.29 is 14.7 Å². The number of halogens is 1. The van der Waals surface area contributed by atoms with Crippen molar-refractivity contribution in [3.8, 4) is 11.9 Å². The van der Waals surface area contributed by atoms with Crippen molar-refractivity contribution in [1.29, 1.82) is 5.26 Å². The second-order valence-corrected chi connectivity index (χ2v) is 7.98. The molecule has 0 saturated carbocycles. The van der Waals surface area contributed by atoms with E-state index in [1.807, 2.05) is 24.3 Å². The molecular formula is C23H14IN5O3. The topological polar surface area (TPSA) is 131 Å². The molecule has 32 heavy (non-hydrogen) atoms. The number of H-pyrrole nitrogens is 1. The molecule has 156 valence electrons. The van der Waals surface area contributed by atoms with Crippen LogP contribution in [-0.2, 0) is 0 Å². The van der Waals surface area contributed by atoms with Crippen molar-refractivity contribution in [3.05, 3.63) is 87.0 Å². The first-order valence-electron chi connectivity index (χ1n) is 9.32. The minimum absolute atomic E-state index is 0.167. The number of benzene rings is 3. The number of carbonyl (C=O) groups is 2. The molecule has 8 nitrogen and oxygen atoms in total. The number of amides is 2. The summed E-state index contributed by atoms with van der Waals surface area (Å²) in [5, 5.41) is 29.9. The van der Waals surface area contributed by atoms with Crippen LogP contribution in [0, 0.1) is 14.9 Å². The van der Waals surface area contributed by atoms with E-state index in [1.54, 1.807) is 36.4 Å². The molecule has 2 amide bonds. The summed E-state index contributed by atoms with van der Waals surface area (Å²) in [6, 6.07) is 20.0. The van der Waals surface area contributed by atoms with Crippen LogP contribution in [0.15, 0.2) is 77.0 Å². The van der Waals surface area contributed by atoms with E-state index in [9.17, 15) is 14.7 Å². The first-order valence-corrected chi connectivity index (χ1v) is 10.4. The van der Waals surface area contributed by atoms with Crippen molar-refractivity contribution in [2.24, 2.45) is 10.2 Å². The minimum Gasteiger partial charge on any atom is -0.493 e. The van der Waals surface area contributed by atoms with Crippen molar-refractivity contribution in [3.63, 3.8) is 0 Å². The number of aromatic nitrogens is 1. The lowest BCUT2D eigenvalue weighted by Crippen LogP contribution is -2.11. The number of azo groups is 1. The van der Waals surface area contributed by atoms with Crippen molar-refractivity contribution in [2.45, 2.75) is 0 Å². The third-order valence-electron chi connectivity index (χ3n) is 4.62. The number of aromatic amines is 1. The number of fused-ring (bicyclic) bond motifs is 1. The molecule has 3 N–H and O–H groups in total. The zero-order valence-corrected chi connectivity index (χ0v) is 18.5.